The zero-order valence-corrected chi connectivity index (χ0v) is 23.1. The summed E-state index contributed by atoms with van der Waals surface area (Å²) in [6, 6.07) is 20.9. The smallest absolute Gasteiger partial charge is 0.339 e. The van der Waals surface area contributed by atoms with Gasteiger partial charge in [0.1, 0.15) is 4.90 Å². The number of benzene rings is 4. The molecule has 0 radical (unpaired) electrons. The Morgan fingerprint density at radius 2 is 1.61 bits per heavy atom. The Balaban J connectivity index is 1.53. The van der Waals surface area contributed by atoms with E-state index in [1.54, 1.807) is 36.4 Å². The van der Waals surface area contributed by atoms with Crippen LogP contribution >= 0.6 is 46.6 Å². The van der Waals surface area contributed by atoms with Crippen LogP contribution in [0.4, 0.5) is 4.79 Å². The lowest BCUT2D eigenvalue weighted by atomic mass is 10.0. The van der Waals surface area contributed by atoms with Crippen molar-refractivity contribution in [1.82, 2.24) is 4.90 Å². The molecule has 0 atom stereocenters. The minimum absolute atomic E-state index is 0.00271. The maximum Gasteiger partial charge on any atom is 0.339 e. The minimum atomic E-state index is -4.22. The van der Waals surface area contributed by atoms with E-state index in [9.17, 15) is 18.0 Å². The number of imide groups is 1. The van der Waals surface area contributed by atoms with Crippen LogP contribution in [-0.2, 0) is 21.5 Å². The van der Waals surface area contributed by atoms with Crippen LogP contribution in [0.5, 0.6) is 5.75 Å². The fourth-order valence-electron chi connectivity index (χ4n) is 3.85. The van der Waals surface area contributed by atoms with E-state index >= 15 is 0 Å². The monoisotopic (exact) mass is 603 g/mol. The molecule has 38 heavy (non-hydrogen) atoms. The highest BCUT2D eigenvalue weighted by Gasteiger charge is 2.35. The molecule has 4 aromatic rings. The number of hydrogen-bond acceptors (Lipinski definition) is 6. The fraction of sp³-hybridized carbons (Fsp3) is 0.0370. The van der Waals surface area contributed by atoms with E-state index in [-0.39, 0.29) is 22.1 Å². The molecule has 1 heterocycles. The van der Waals surface area contributed by atoms with Gasteiger partial charge in [0, 0.05) is 10.6 Å². The van der Waals surface area contributed by atoms with E-state index in [0.717, 1.165) is 22.0 Å². The SMILES string of the molecule is O=C1S/C(=C\c2c(OS(=O)(=O)c3ccc(Cl)cc3)ccc3ccccc23)C(=O)N1Cc1ccc(Cl)c(Cl)c1. The van der Waals surface area contributed by atoms with E-state index in [2.05, 4.69) is 0 Å². The van der Waals surface area contributed by atoms with Gasteiger partial charge in [0.25, 0.3) is 11.1 Å². The Morgan fingerprint density at radius 3 is 2.34 bits per heavy atom. The Hall–Kier alpha value is -3.01. The third-order valence-corrected chi connectivity index (χ3v) is 8.85. The molecule has 1 aliphatic heterocycles. The summed E-state index contributed by atoms with van der Waals surface area (Å²) < 4.78 is 31.6. The van der Waals surface area contributed by atoms with Gasteiger partial charge in [-0.05, 0) is 76.6 Å². The molecule has 0 N–H and O–H groups in total. The van der Waals surface area contributed by atoms with Crippen LogP contribution in [0.1, 0.15) is 11.1 Å². The van der Waals surface area contributed by atoms with E-state index < -0.39 is 21.3 Å². The van der Waals surface area contributed by atoms with Gasteiger partial charge in [-0.25, -0.2) is 0 Å². The molecule has 0 spiro atoms. The summed E-state index contributed by atoms with van der Waals surface area (Å²) in [6.07, 6.45) is 1.48. The lowest BCUT2D eigenvalue weighted by Crippen LogP contribution is -2.27. The van der Waals surface area contributed by atoms with Crippen molar-refractivity contribution >= 4 is 84.7 Å². The molecule has 0 aromatic heterocycles. The molecule has 0 bridgehead atoms. The number of fused-ring (bicyclic) bond motifs is 1. The predicted octanol–water partition coefficient (Wildman–Crippen LogP) is 7.80. The maximum atomic E-state index is 13.2. The molecule has 11 heteroatoms. The first-order valence-electron chi connectivity index (χ1n) is 11.0. The number of amides is 2. The number of hydrogen-bond donors (Lipinski definition) is 0. The van der Waals surface area contributed by atoms with Gasteiger partial charge < -0.3 is 4.18 Å². The normalized spacial score (nSPS) is 15.0. The van der Waals surface area contributed by atoms with Crippen LogP contribution in [0.15, 0.2) is 88.7 Å². The molecule has 1 aliphatic rings. The summed E-state index contributed by atoms with van der Waals surface area (Å²) in [5.74, 6) is -0.513. The van der Waals surface area contributed by atoms with Gasteiger partial charge in [0.05, 0.1) is 21.5 Å². The molecule has 1 fully saturated rings. The second kappa shape index (κ2) is 10.6. The van der Waals surface area contributed by atoms with Gasteiger partial charge in [-0.3, -0.25) is 14.5 Å². The number of nitrogens with zero attached hydrogens (tertiary/aromatic N) is 1. The molecular formula is C27H16Cl3NO5S2. The molecule has 0 unspecified atom stereocenters. The molecule has 192 valence electrons. The first-order valence-corrected chi connectivity index (χ1v) is 14.4. The standard InChI is InChI=1S/C27H16Cl3NO5S2/c28-18-7-9-19(10-8-18)38(34,35)36-24-12-6-17-3-1-2-4-20(17)21(24)14-25-26(32)31(27(33)37-25)15-16-5-11-22(29)23(30)13-16/h1-14H,15H2/b25-14-. The van der Waals surface area contributed by atoms with E-state index in [1.165, 1.54) is 36.4 Å². The molecule has 0 saturated carbocycles. The highest BCUT2D eigenvalue weighted by Crippen LogP contribution is 2.38. The number of carbonyl (C=O) groups is 2. The van der Waals surface area contributed by atoms with Crippen LogP contribution in [0, 0.1) is 0 Å². The van der Waals surface area contributed by atoms with Gasteiger partial charge in [0.2, 0.25) is 0 Å². The number of rotatable bonds is 6. The van der Waals surface area contributed by atoms with Crippen molar-refractivity contribution in [3.05, 3.63) is 110 Å². The zero-order chi connectivity index (χ0) is 27.0. The van der Waals surface area contributed by atoms with E-state index in [0.29, 0.717) is 31.6 Å². The molecule has 4 aromatic carbocycles. The third kappa shape index (κ3) is 5.41. The van der Waals surface area contributed by atoms with E-state index in [1.807, 2.05) is 12.1 Å². The second-order valence-corrected chi connectivity index (χ2v) is 12.0. The van der Waals surface area contributed by atoms with Gasteiger partial charge in [0.15, 0.2) is 5.75 Å². The van der Waals surface area contributed by atoms with Crippen molar-refractivity contribution in [3.63, 3.8) is 0 Å². The molecule has 6 nitrogen and oxygen atoms in total. The fourth-order valence-corrected chi connectivity index (χ4v) is 6.07. The van der Waals surface area contributed by atoms with Crippen molar-refractivity contribution in [1.29, 1.82) is 0 Å². The van der Waals surface area contributed by atoms with Crippen molar-refractivity contribution in [2.24, 2.45) is 0 Å². The van der Waals surface area contributed by atoms with E-state index in [4.69, 9.17) is 39.0 Å². The Labute approximate surface area is 237 Å². The number of carbonyl (C=O) groups excluding carboxylic acids is 2. The van der Waals surface area contributed by atoms with Gasteiger partial charge in [-0.1, -0.05) is 71.2 Å². The summed E-state index contributed by atoms with van der Waals surface area (Å²) in [5.41, 5.74) is 0.979. The Morgan fingerprint density at radius 1 is 0.868 bits per heavy atom. The average Bonchev–Trinajstić information content (AvgIpc) is 3.15. The first kappa shape index (κ1) is 26.6. The van der Waals surface area contributed by atoms with Gasteiger partial charge >= 0.3 is 10.1 Å². The molecule has 5 rings (SSSR count). The van der Waals surface area contributed by atoms with Crippen LogP contribution < -0.4 is 4.18 Å². The maximum absolute atomic E-state index is 13.2. The summed E-state index contributed by atoms with van der Waals surface area (Å²) in [4.78, 5) is 27.1. The largest absolute Gasteiger partial charge is 0.378 e. The summed E-state index contributed by atoms with van der Waals surface area (Å²) in [5, 5.41) is 2.03. The van der Waals surface area contributed by atoms with Crippen LogP contribution in [-0.4, -0.2) is 24.5 Å². The summed E-state index contributed by atoms with van der Waals surface area (Å²) in [7, 11) is -4.22. The minimum Gasteiger partial charge on any atom is -0.378 e. The number of thioether (sulfide) groups is 1. The quantitative estimate of drug-likeness (QED) is 0.165. The topological polar surface area (TPSA) is 80.8 Å². The second-order valence-electron chi connectivity index (χ2n) is 8.21. The van der Waals surface area contributed by atoms with Crippen molar-refractivity contribution in [2.75, 3.05) is 0 Å². The summed E-state index contributed by atoms with van der Waals surface area (Å²) >= 11 is 18.7. The third-order valence-electron chi connectivity index (χ3n) is 5.71. The van der Waals surface area contributed by atoms with Crippen LogP contribution in [0.3, 0.4) is 0 Å². The number of halogens is 3. The van der Waals surface area contributed by atoms with Gasteiger partial charge in [-0.2, -0.15) is 8.42 Å². The van der Waals surface area contributed by atoms with Crippen LogP contribution in [0.25, 0.3) is 16.8 Å². The highest BCUT2D eigenvalue weighted by atomic mass is 35.5. The highest BCUT2D eigenvalue weighted by molar-refractivity contribution is 8.18. The first-order chi connectivity index (χ1) is 18.1. The average molecular weight is 605 g/mol. The van der Waals surface area contributed by atoms with Crippen LogP contribution in [0.2, 0.25) is 15.1 Å². The Bertz CT molecular complexity index is 1740. The molecule has 0 aliphatic carbocycles. The van der Waals surface area contributed by atoms with Crippen molar-refractivity contribution < 1.29 is 22.2 Å². The lowest BCUT2D eigenvalue weighted by molar-refractivity contribution is -0.123. The van der Waals surface area contributed by atoms with Crippen molar-refractivity contribution in [3.8, 4) is 5.75 Å². The summed E-state index contributed by atoms with van der Waals surface area (Å²) in [6.45, 7) is 0.00271. The molecular weight excluding hydrogens is 589 g/mol. The molecule has 2 amide bonds. The predicted molar refractivity (Wildman–Crippen MR) is 151 cm³/mol. The van der Waals surface area contributed by atoms with Gasteiger partial charge in [-0.15, -0.1) is 0 Å². The zero-order valence-electron chi connectivity index (χ0n) is 19.2. The Kier molecular flexibility index (Phi) is 7.44. The lowest BCUT2D eigenvalue weighted by Gasteiger charge is -2.14. The molecule has 1 saturated heterocycles. The van der Waals surface area contributed by atoms with Crippen molar-refractivity contribution in [2.45, 2.75) is 11.4 Å².